The number of guanidine groups is 1. The van der Waals surface area contributed by atoms with Crippen LogP contribution in [0.5, 0.6) is 0 Å². The van der Waals surface area contributed by atoms with Gasteiger partial charge in [-0.1, -0.05) is 0 Å². The molecule has 130 valence electrons. The summed E-state index contributed by atoms with van der Waals surface area (Å²) in [5.41, 5.74) is 1.11. The minimum absolute atomic E-state index is 0.373. The highest BCUT2D eigenvalue weighted by atomic mass is 32.1. The van der Waals surface area contributed by atoms with Gasteiger partial charge in [0.15, 0.2) is 5.96 Å². The highest BCUT2D eigenvalue weighted by Gasteiger charge is 2.13. The van der Waals surface area contributed by atoms with Gasteiger partial charge in [0.25, 0.3) is 0 Å². The lowest BCUT2D eigenvalue weighted by molar-refractivity contribution is -0.0320. The van der Waals surface area contributed by atoms with E-state index >= 15 is 0 Å². The van der Waals surface area contributed by atoms with Crippen LogP contribution in [0.25, 0.3) is 0 Å². The van der Waals surface area contributed by atoms with Crippen LogP contribution in [0.15, 0.2) is 4.99 Å². The third-order valence-corrected chi connectivity index (χ3v) is 4.91. The Morgan fingerprint density at radius 3 is 2.78 bits per heavy atom. The number of ether oxygens (including phenoxy) is 2. The Bertz CT molecular complexity index is 479. The molecule has 6 nitrogen and oxygen atoms in total. The molecule has 2 rings (SSSR count). The fourth-order valence-corrected chi connectivity index (χ4v) is 3.24. The van der Waals surface area contributed by atoms with Gasteiger partial charge < -0.3 is 20.1 Å². The second kappa shape index (κ2) is 9.85. The molecule has 0 bridgehead atoms. The molecule has 2 heterocycles. The number of thiazole rings is 1. The second-order valence-electron chi connectivity index (χ2n) is 5.64. The number of nitrogens with zero attached hydrogens (tertiary/aromatic N) is 2. The van der Waals surface area contributed by atoms with Crippen molar-refractivity contribution in [1.82, 2.24) is 15.6 Å². The summed E-state index contributed by atoms with van der Waals surface area (Å²) >= 11 is 1.73. The minimum Gasteiger partial charge on any atom is -0.381 e. The number of aromatic nitrogens is 1. The van der Waals surface area contributed by atoms with E-state index in [9.17, 15) is 0 Å². The van der Waals surface area contributed by atoms with Gasteiger partial charge in [-0.05, 0) is 33.1 Å². The molecule has 1 fully saturated rings. The summed E-state index contributed by atoms with van der Waals surface area (Å²) in [6, 6.07) is 0. The van der Waals surface area contributed by atoms with Gasteiger partial charge in [-0.25, -0.2) is 4.98 Å². The van der Waals surface area contributed by atoms with E-state index in [4.69, 9.17) is 9.47 Å². The molecule has 7 heteroatoms. The van der Waals surface area contributed by atoms with Crippen LogP contribution < -0.4 is 10.6 Å². The summed E-state index contributed by atoms with van der Waals surface area (Å²) < 4.78 is 11.2. The molecule has 0 amide bonds. The van der Waals surface area contributed by atoms with Crippen LogP contribution in [0.1, 0.15) is 34.8 Å². The summed E-state index contributed by atoms with van der Waals surface area (Å²) in [7, 11) is 1.78. The molecule has 1 saturated heterocycles. The van der Waals surface area contributed by atoms with Crippen LogP contribution in [0.4, 0.5) is 0 Å². The molecule has 0 saturated carbocycles. The highest BCUT2D eigenvalue weighted by Crippen LogP contribution is 2.15. The monoisotopic (exact) mass is 340 g/mol. The summed E-state index contributed by atoms with van der Waals surface area (Å²) in [6.07, 6.45) is 3.37. The van der Waals surface area contributed by atoms with E-state index in [0.29, 0.717) is 12.6 Å². The van der Waals surface area contributed by atoms with Crippen LogP contribution in [-0.2, 0) is 16.0 Å². The Balaban J connectivity index is 1.57. The molecule has 0 aromatic carbocycles. The molecule has 1 aliphatic heterocycles. The minimum atomic E-state index is 0.373. The molecule has 0 aliphatic carbocycles. The molecule has 0 radical (unpaired) electrons. The average Bonchev–Trinajstić information content (AvgIpc) is 2.89. The number of hydrogen-bond donors (Lipinski definition) is 2. The van der Waals surface area contributed by atoms with Crippen LogP contribution >= 0.6 is 11.3 Å². The van der Waals surface area contributed by atoms with E-state index in [2.05, 4.69) is 27.5 Å². The Kier molecular flexibility index (Phi) is 7.78. The Labute approximate surface area is 142 Å². The van der Waals surface area contributed by atoms with Gasteiger partial charge in [-0.15, -0.1) is 11.3 Å². The van der Waals surface area contributed by atoms with Crippen molar-refractivity contribution in [2.45, 2.75) is 45.8 Å². The van der Waals surface area contributed by atoms with Crippen molar-refractivity contribution in [3.05, 3.63) is 15.6 Å². The third kappa shape index (κ3) is 6.45. The largest absolute Gasteiger partial charge is 0.381 e. The maximum atomic E-state index is 5.85. The zero-order valence-corrected chi connectivity index (χ0v) is 15.2. The van der Waals surface area contributed by atoms with E-state index in [1.165, 1.54) is 4.88 Å². The lowest BCUT2D eigenvalue weighted by Gasteiger charge is -2.22. The molecule has 0 unspecified atom stereocenters. The SMILES string of the molecule is CN=C(NCCCOC1CCOCC1)NCc1nc(C)c(C)s1. The molecule has 1 aromatic heterocycles. The highest BCUT2D eigenvalue weighted by molar-refractivity contribution is 7.11. The number of rotatable bonds is 7. The second-order valence-corrected chi connectivity index (χ2v) is 6.93. The Morgan fingerprint density at radius 2 is 2.13 bits per heavy atom. The van der Waals surface area contributed by atoms with Crippen molar-refractivity contribution in [3.8, 4) is 0 Å². The van der Waals surface area contributed by atoms with Gasteiger partial charge in [0, 0.05) is 38.3 Å². The first-order valence-corrected chi connectivity index (χ1v) is 9.07. The van der Waals surface area contributed by atoms with E-state index in [-0.39, 0.29) is 0 Å². The zero-order chi connectivity index (χ0) is 16.5. The fraction of sp³-hybridized carbons (Fsp3) is 0.750. The Hall–Kier alpha value is -1.18. The van der Waals surface area contributed by atoms with Crippen molar-refractivity contribution < 1.29 is 9.47 Å². The number of hydrogen-bond acceptors (Lipinski definition) is 5. The van der Waals surface area contributed by atoms with Crippen molar-refractivity contribution in [3.63, 3.8) is 0 Å². The van der Waals surface area contributed by atoms with Crippen molar-refractivity contribution in [1.29, 1.82) is 0 Å². The van der Waals surface area contributed by atoms with Gasteiger partial charge in [-0.2, -0.15) is 0 Å². The number of aliphatic imine (C=N–C) groups is 1. The normalized spacial score (nSPS) is 16.6. The first-order valence-electron chi connectivity index (χ1n) is 8.26. The van der Waals surface area contributed by atoms with Gasteiger partial charge in [0.2, 0.25) is 0 Å². The standard InChI is InChI=1S/C16H28N4O2S/c1-12-13(2)23-15(20-12)11-19-16(17-3)18-7-4-8-22-14-5-9-21-10-6-14/h14H,4-11H2,1-3H3,(H2,17,18,19). The molecule has 1 aromatic rings. The molecule has 1 aliphatic rings. The third-order valence-electron chi connectivity index (χ3n) is 3.84. The fourth-order valence-electron chi connectivity index (χ4n) is 2.37. The van der Waals surface area contributed by atoms with Crippen LogP contribution in [0.2, 0.25) is 0 Å². The van der Waals surface area contributed by atoms with E-state index in [1.54, 1.807) is 18.4 Å². The quantitative estimate of drug-likeness (QED) is 0.451. The van der Waals surface area contributed by atoms with E-state index in [1.807, 2.05) is 6.92 Å². The molecular weight excluding hydrogens is 312 g/mol. The van der Waals surface area contributed by atoms with Crippen LogP contribution in [0, 0.1) is 13.8 Å². The van der Waals surface area contributed by atoms with Gasteiger partial charge in [0.1, 0.15) is 5.01 Å². The van der Waals surface area contributed by atoms with Gasteiger partial charge in [-0.3, -0.25) is 4.99 Å². The summed E-state index contributed by atoms with van der Waals surface area (Å²) in [5, 5.41) is 7.69. The van der Waals surface area contributed by atoms with Crippen LogP contribution in [0.3, 0.4) is 0 Å². The zero-order valence-electron chi connectivity index (χ0n) is 14.4. The summed E-state index contributed by atoms with van der Waals surface area (Å²) in [6.45, 7) is 8.13. The molecule has 23 heavy (non-hydrogen) atoms. The molecule has 0 spiro atoms. The lowest BCUT2D eigenvalue weighted by atomic mass is 10.1. The number of nitrogens with one attached hydrogen (secondary N) is 2. The van der Waals surface area contributed by atoms with E-state index in [0.717, 1.165) is 62.3 Å². The maximum Gasteiger partial charge on any atom is 0.191 e. The van der Waals surface area contributed by atoms with Crippen LogP contribution in [-0.4, -0.2) is 50.5 Å². The van der Waals surface area contributed by atoms with Gasteiger partial charge in [0.05, 0.1) is 18.3 Å². The lowest BCUT2D eigenvalue weighted by Crippen LogP contribution is -2.37. The Morgan fingerprint density at radius 1 is 1.35 bits per heavy atom. The van der Waals surface area contributed by atoms with Crippen molar-refractivity contribution >= 4 is 17.3 Å². The van der Waals surface area contributed by atoms with E-state index < -0.39 is 0 Å². The molecular formula is C16H28N4O2S. The predicted octanol–water partition coefficient (Wildman–Crippen LogP) is 2.01. The topological polar surface area (TPSA) is 67.8 Å². The van der Waals surface area contributed by atoms with Crippen molar-refractivity contribution in [2.75, 3.05) is 33.4 Å². The number of aryl methyl sites for hydroxylation is 2. The maximum absolute atomic E-state index is 5.85. The van der Waals surface area contributed by atoms with Gasteiger partial charge >= 0.3 is 0 Å². The predicted molar refractivity (Wildman–Crippen MR) is 94.2 cm³/mol. The first kappa shape index (κ1) is 18.2. The first-order chi connectivity index (χ1) is 11.2. The summed E-state index contributed by atoms with van der Waals surface area (Å²) in [5.74, 6) is 0.807. The molecule has 0 atom stereocenters. The van der Waals surface area contributed by atoms with Crippen molar-refractivity contribution in [2.24, 2.45) is 4.99 Å². The average molecular weight is 340 g/mol. The smallest absolute Gasteiger partial charge is 0.191 e. The summed E-state index contributed by atoms with van der Waals surface area (Å²) in [4.78, 5) is 10.0. The molecule has 2 N–H and O–H groups in total.